The van der Waals surface area contributed by atoms with Crippen LogP contribution in [0.25, 0.3) is 11.0 Å². The monoisotopic (exact) mass is 324 g/mol. The Hall–Kier alpha value is -3.15. The lowest BCUT2D eigenvalue weighted by atomic mass is 10.1. The number of aryl methyl sites for hydroxylation is 1. The van der Waals surface area contributed by atoms with Crippen LogP contribution in [-0.2, 0) is 17.6 Å². The number of nitro benzene ring substituents is 1. The molecule has 0 unspecified atom stereocenters. The highest BCUT2D eigenvalue weighted by molar-refractivity contribution is 5.95. The minimum absolute atomic E-state index is 0.0130. The van der Waals surface area contributed by atoms with E-state index >= 15 is 0 Å². The van der Waals surface area contributed by atoms with Gasteiger partial charge in [-0.1, -0.05) is 13.0 Å². The lowest BCUT2D eigenvalue weighted by Gasteiger charge is -2.04. The van der Waals surface area contributed by atoms with Crippen LogP contribution in [0.1, 0.15) is 18.1 Å². The molecule has 24 heavy (non-hydrogen) atoms. The van der Waals surface area contributed by atoms with E-state index in [0.29, 0.717) is 5.69 Å². The number of nitro groups is 1. The molecule has 1 N–H and O–H groups in total. The van der Waals surface area contributed by atoms with Crippen molar-refractivity contribution in [3.05, 3.63) is 70.0 Å². The zero-order valence-electron chi connectivity index (χ0n) is 13.1. The number of fused-ring (bicyclic) bond motifs is 1. The van der Waals surface area contributed by atoms with Crippen LogP contribution in [0.5, 0.6) is 0 Å². The molecule has 1 heterocycles. The number of anilines is 1. The number of benzene rings is 2. The third-order valence-electron chi connectivity index (χ3n) is 3.84. The van der Waals surface area contributed by atoms with Gasteiger partial charge in [0, 0.05) is 28.8 Å². The first-order valence-electron chi connectivity index (χ1n) is 7.60. The van der Waals surface area contributed by atoms with E-state index in [1.54, 1.807) is 6.26 Å². The molecule has 0 spiro atoms. The number of amides is 1. The Morgan fingerprint density at radius 1 is 1.21 bits per heavy atom. The normalized spacial score (nSPS) is 10.7. The molecule has 6 heteroatoms. The summed E-state index contributed by atoms with van der Waals surface area (Å²) in [5.41, 5.74) is 3.26. The maximum Gasteiger partial charge on any atom is 0.269 e. The summed E-state index contributed by atoms with van der Waals surface area (Å²) in [5, 5.41) is 14.3. The first-order valence-corrected chi connectivity index (χ1v) is 7.60. The van der Waals surface area contributed by atoms with E-state index in [9.17, 15) is 14.9 Å². The fourth-order valence-electron chi connectivity index (χ4n) is 2.53. The van der Waals surface area contributed by atoms with Crippen molar-refractivity contribution >= 4 is 28.3 Å². The number of non-ortho nitro benzene ring substituents is 1. The van der Waals surface area contributed by atoms with Crippen LogP contribution < -0.4 is 5.32 Å². The molecule has 0 aliphatic carbocycles. The van der Waals surface area contributed by atoms with Crippen LogP contribution in [0, 0.1) is 10.1 Å². The Labute approximate surface area is 138 Å². The van der Waals surface area contributed by atoms with Gasteiger partial charge in [-0.2, -0.15) is 0 Å². The topological polar surface area (TPSA) is 85.4 Å². The van der Waals surface area contributed by atoms with Crippen molar-refractivity contribution in [3.8, 4) is 0 Å². The van der Waals surface area contributed by atoms with Crippen LogP contribution in [0.3, 0.4) is 0 Å². The molecule has 1 aromatic heterocycles. The predicted octanol–water partition coefficient (Wildman–Crippen LogP) is 4.08. The number of hydrogen-bond acceptors (Lipinski definition) is 4. The van der Waals surface area contributed by atoms with Crippen LogP contribution in [0.15, 0.2) is 53.1 Å². The number of carbonyl (C=O) groups excluding carboxylic acids is 1. The molecule has 0 atom stereocenters. The highest BCUT2D eigenvalue weighted by atomic mass is 16.6. The van der Waals surface area contributed by atoms with E-state index in [1.807, 2.05) is 18.2 Å². The minimum atomic E-state index is -0.478. The molecule has 122 valence electrons. The van der Waals surface area contributed by atoms with Gasteiger partial charge < -0.3 is 9.73 Å². The van der Waals surface area contributed by atoms with Crippen molar-refractivity contribution in [1.29, 1.82) is 0 Å². The van der Waals surface area contributed by atoms with Crippen molar-refractivity contribution in [2.75, 3.05) is 5.32 Å². The number of hydrogen-bond donors (Lipinski definition) is 1. The maximum atomic E-state index is 12.2. The van der Waals surface area contributed by atoms with E-state index < -0.39 is 4.92 Å². The van der Waals surface area contributed by atoms with E-state index in [0.717, 1.165) is 23.0 Å². The second kappa shape index (κ2) is 6.54. The third-order valence-corrected chi connectivity index (χ3v) is 3.84. The van der Waals surface area contributed by atoms with Gasteiger partial charge in [0.05, 0.1) is 17.6 Å². The fourth-order valence-corrected chi connectivity index (χ4v) is 2.53. The number of nitrogens with one attached hydrogen (secondary N) is 1. The van der Waals surface area contributed by atoms with Crippen molar-refractivity contribution in [2.45, 2.75) is 19.8 Å². The van der Waals surface area contributed by atoms with Gasteiger partial charge in [-0.25, -0.2) is 0 Å². The standard InChI is InChI=1S/C18H16N2O4/c1-2-12-3-8-17-16(9-12)13(11-24-17)10-18(21)19-14-4-6-15(7-5-14)20(22)23/h3-9,11H,2,10H2,1H3,(H,19,21). The van der Waals surface area contributed by atoms with Crippen LogP contribution in [0.2, 0.25) is 0 Å². The van der Waals surface area contributed by atoms with Gasteiger partial charge in [0.15, 0.2) is 0 Å². The smallest absolute Gasteiger partial charge is 0.269 e. The summed E-state index contributed by atoms with van der Waals surface area (Å²) >= 11 is 0. The van der Waals surface area contributed by atoms with Gasteiger partial charge in [0.25, 0.3) is 5.69 Å². The highest BCUT2D eigenvalue weighted by Gasteiger charge is 2.12. The van der Waals surface area contributed by atoms with Gasteiger partial charge in [0.1, 0.15) is 5.58 Å². The van der Waals surface area contributed by atoms with E-state index in [-0.39, 0.29) is 18.0 Å². The Balaban J connectivity index is 1.74. The minimum Gasteiger partial charge on any atom is -0.464 e. The highest BCUT2D eigenvalue weighted by Crippen LogP contribution is 2.24. The summed E-state index contributed by atoms with van der Waals surface area (Å²) < 4.78 is 5.49. The first kappa shape index (κ1) is 15.7. The zero-order chi connectivity index (χ0) is 17.1. The summed E-state index contributed by atoms with van der Waals surface area (Å²) in [4.78, 5) is 22.4. The molecule has 0 saturated carbocycles. The molecular weight excluding hydrogens is 308 g/mol. The van der Waals surface area contributed by atoms with Crippen molar-refractivity contribution in [1.82, 2.24) is 0 Å². The largest absolute Gasteiger partial charge is 0.464 e. The molecule has 1 amide bonds. The molecule has 3 rings (SSSR count). The molecule has 0 radical (unpaired) electrons. The number of carbonyl (C=O) groups is 1. The number of rotatable bonds is 5. The van der Waals surface area contributed by atoms with Crippen molar-refractivity contribution in [2.24, 2.45) is 0 Å². The summed E-state index contributed by atoms with van der Waals surface area (Å²) in [6.45, 7) is 2.07. The lowest BCUT2D eigenvalue weighted by Crippen LogP contribution is -2.14. The fraction of sp³-hybridized carbons (Fsp3) is 0.167. The van der Waals surface area contributed by atoms with E-state index in [2.05, 4.69) is 12.2 Å². The Morgan fingerprint density at radius 2 is 1.96 bits per heavy atom. The summed E-state index contributed by atoms with van der Waals surface area (Å²) in [6, 6.07) is 11.7. The maximum absolute atomic E-state index is 12.2. The molecular formula is C18H16N2O4. The van der Waals surface area contributed by atoms with E-state index in [4.69, 9.17) is 4.42 Å². The quantitative estimate of drug-likeness (QED) is 0.566. The zero-order valence-corrected chi connectivity index (χ0v) is 13.1. The van der Waals surface area contributed by atoms with Crippen LogP contribution >= 0.6 is 0 Å². The van der Waals surface area contributed by atoms with E-state index in [1.165, 1.54) is 29.8 Å². The molecule has 6 nitrogen and oxygen atoms in total. The third kappa shape index (κ3) is 3.27. The average molecular weight is 324 g/mol. The molecule has 3 aromatic rings. The predicted molar refractivity (Wildman–Crippen MR) is 91.0 cm³/mol. The van der Waals surface area contributed by atoms with Gasteiger partial charge in [0.2, 0.25) is 5.91 Å². The number of nitrogens with zero attached hydrogens (tertiary/aromatic N) is 1. The van der Waals surface area contributed by atoms with Crippen LogP contribution in [0.4, 0.5) is 11.4 Å². The molecule has 0 bridgehead atoms. The average Bonchev–Trinajstić information content (AvgIpc) is 2.97. The number of furan rings is 1. The van der Waals surface area contributed by atoms with Crippen molar-refractivity contribution in [3.63, 3.8) is 0 Å². The summed E-state index contributed by atoms with van der Waals surface area (Å²) in [6.07, 6.45) is 2.69. The first-order chi connectivity index (χ1) is 11.6. The van der Waals surface area contributed by atoms with Crippen molar-refractivity contribution < 1.29 is 14.1 Å². The Bertz CT molecular complexity index is 897. The Kier molecular flexibility index (Phi) is 4.29. The molecule has 2 aromatic carbocycles. The second-order valence-electron chi connectivity index (χ2n) is 5.47. The van der Waals surface area contributed by atoms with Gasteiger partial charge in [-0.05, 0) is 36.2 Å². The molecule has 0 fully saturated rings. The molecule has 0 aliphatic rings. The SMILES string of the molecule is CCc1ccc2occ(CC(=O)Nc3ccc([N+](=O)[O-])cc3)c2c1. The Morgan fingerprint density at radius 3 is 2.62 bits per heavy atom. The molecule has 0 saturated heterocycles. The summed E-state index contributed by atoms with van der Waals surface area (Å²) in [7, 11) is 0. The lowest BCUT2D eigenvalue weighted by molar-refractivity contribution is -0.384. The summed E-state index contributed by atoms with van der Waals surface area (Å²) in [5.74, 6) is -0.201. The van der Waals surface area contributed by atoms with Gasteiger partial charge >= 0.3 is 0 Å². The molecule has 0 aliphatic heterocycles. The second-order valence-corrected chi connectivity index (χ2v) is 5.47. The van der Waals surface area contributed by atoms with Gasteiger partial charge in [-0.15, -0.1) is 0 Å². The van der Waals surface area contributed by atoms with Gasteiger partial charge in [-0.3, -0.25) is 14.9 Å². The van der Waals surface area contributed by atoms with Crippen LogP contribution in [-0.4, -0.2) is 10.8 Å².